The third-order valence-electron chi connectivity index (χ3n) is 7.58. The Bertz CT molecular complexity index is 1720. The van der Waals surface area contributed by atoms with Crippen LogP contribution in [0.25, 0.3) is 0 Å². The summed E-state index contributed by atoms with van der Waals surface area (Å²) in [5.41, 5.74) is 2.58. The number of hydrogen-bond acceptors (Lipinski definition) is 4. The molecule has 4 rings (SSSR count). The molecule has 0 fully saturated rings. The number of aryl methyl sites for hydroxylation is 1. The van der Waals surface area contributed by atoms with E-state index < -0.39 is 28.5 Å². The standard InChI is InChI=1S/C35H37Cl2N3O4S/c1-4-26(3)38-35(42)33(22-27-12-6-5-7-13-27)39(23-28-14-10-15-30(37)21-28)34(41)24-40(32-16-9-8-11-25(32)2)45(43,44)31-19-17-29(36)18-20-31/h5-21,26,33H,4,22-24H2,1-3H3,(H,38,42)/t26-,33+/m0/s1. The fourth-order valence-corrected chi connectivity index (χ4v) is 6.74. The predicted octanol–water partition coefficient (Wildman–Crippen LogP) is 7.05. The van der Waals surface area contributed by atoms with Crippen molar-refractivity contribution in [1.29, 1.82) is 0 Å². The Morgan fingerprint density at radius 1 is 0.822 bits per heavy atom. The maximum absolute atomic E-state index is 14.5. The molecule has 2 atom stereocenters. The number of hydrogen-bond donors (Lipinski definition) is 1. The lowest BCUT2D eigenvalue weighted by molar-refractivity contribution is -0.140. The van der Waals surface area contributed by atoms with E-state index in [1.807, 2.05) is 50.2 Å². The van der Waals surface area contributed by atoms with Crippen molar-refractivity contribution in [3.8, 4) is 0 Å². The number of rotatable bonds is 13. The van der Waals surface area contributed by atoms with Gasteiger partial charge in [0.15, 0.2) is 0 Å². The molecule has 0 unspecified atom stereocenters. The maximum Gasteiger partial charge on any atom is 0.264 e. The summed E-state index contributed by atoms with van der Waals surface area (Å²) in [5, 5.41) is 3.90. The number of para-hydroxylation sites is 1. The number of nitrogens with zero attached hydrogens (tertiary/aromatic N) is 2. The first-order valence-electron chi connectivity index (χ1n) is 14.7. The molecule has 0 saturated heterocycles. The van der Waals surface area contributed by atoms with Crippen molar-refractivity contribution in [2.24, 2.45) is 0 Å². The first-order valence-corrected chi connectivity index (χ1v) is 16.9. The van der Waals surface area contributed by atoms with E-state index in [4.69, 9.17) is 23.2 Å². The van der Waals surface area contributed by atoms with Crippen LogP contribution in [-0.4, -0.2) is 43.8 Å². The topological polar surface area (TPSA) is 86.8 Å². The summed E-state index contributed by atoms with van der Waals surface area (Å²) in [6, 6.07) is 28.2. The van der Waals surface area contributed by atoms with Gasteiger partial charge >= 0.3 is 0 Å². The zero-order chi connectivity index (χ0) is 32.6. The minimum Gasteiger partial charge on any atom is -0.352 e. The van der Waals surface area contributed by atoms with E-state index >= 15 is 0 Å². The number of benzene rings is 4. The van der Waals surface area contributed by atoms with Crippen LogP contribution in [0.1, 0.15) is 37.0 Å². The molecule has 0 spiro atoms. The van der Waals surface area contributed by atoms with E-state index in [1.165, 1.54) is 29.2 Å². The summed E-state index contributed by atoms with van der Waals surface area (Å²) >= 11 is 12.4. The van der Waals surface area contributed by atoms with E-state index in [-0.39, 0.29) is 29.8 Å². The highest BCUT2D eigenvalue weighted by Crippen LogP contribution is 2.28. The molecule has 0 saturated carbocycles. The monoisotopic (exact) mass is 665 g/mol. The number of nitrogens with one attached hydrogen (secondary N) is 1. The SMILES string of the molecule is CC[C@H](C)NC(=O)[C@@H](Cc1ccccc1)N(Cc1cccc(Cl)c1)C(=O)CN(c1ccccc1C)S(=O)(=O)c1ccc(Cl)cc1. The van der Waals surface area contributed by atoms with Gasteiger partial charge in [0.05, 0.1) is 10.6 Å². The van der Waals surface area contributed by atoms with Gasteiger partial charge in [0.1, 0.15) is 12.6 Å². The summed E-state index contributed by atoms with van der Waals surface area (Å²) in [6.45, 7) is 5.14. The quantitative estimate of drug-likeness (QED) is 0.166. The predicted molar refractivity (Wildman–Crippen MR) is 181 cm³/mol. The number of carbonyl (C=O) groups is 2. The third kappa shape index (κ3) is 8.87. The van der Waals surface area contributed by atoms with Crippen molar-refractivity contribution in [2.45, 2.75) is 57.1 Å². The lowest BCUT2D eigenvalue weighted by Crippen LogP contribution is -2.54. The highest BCUT2D eigenvalue weighted by molar-refractivity contribution is 7.92. The van der Waals surface area contributed by atoms with E-state index in [2.05, 4.69) is 5.32 Å². The zero-order valence-corrected chi connectivity index (χ0v) is 27.8. The molecule has 0 radical (unpaired) electrons. The van der Waals surface area contributed by atoms with E-state index in [9.17, 15) is 18.0 Å². The average molecular weight is 667 g/mol. The van der Waals surface area contributed by atoms with Crippen molar-refractivity contribution >= 4 is 50.7 Å². The summed E-state index contributed by atoms with van der Waals surface area (Å²) in [4.78, 5) is 29.9. The third-order valence-corrected chi connectivity index (χ3v) is 9.84. The van der Waals surface area contributed by atoms with Crippen LogP contribution in [0.4, 0.5) is 5.69 Å². The number of anilines is 1. The number of halogens is 2. The van der Waals surface area contributed by atoms with Crippen LogP contribution in [0.5, 0.6) is 0 Å². The number of amides is 2. The van der Waals surface area contributed by atoms with Gasteiger partial charge in [-0.3, -0.25) is 13.9 Å². The Hall–Kier alpha value is -3.85. The van der Waals surface area contributed by atoms with Crippen molar-refractivity contribution in [3.63, 3.8) is 0 Å². The molecule has 2 amide bonds. The van der Waals surface area contributed by atoms with Crippen LogP contribution in [0.3, 0.4) is 0 Å². The highest BCUT2D eigenvalue weighted by atomic mass is 35.5. The van der Waals surface area contributed by atoms with E-state index in [0.717, 1.165) is 9.87 Å². The van der Waals surface area contributed by atoms with Gasteiger partial charge in [0.2, 0.25) is 11.8 Å². The molecule has 4 aromatic carbocycles. The minimum atomic E-state index is -4.22. The first-order chi connectivity index (χ1) is 21.5. The zero-order valence-electron chi connectivity index (χ0n) is 25.5. The van der Waals surface area contributed by atoms with Gasteiger partial charge in [-0.2, -0.15) is 0 Å². The smallest absolute Gasteiger partial charge is 0.264 e. The van der Waals surface area contributed by atoms with Gasteiger partial charge < -0.3 is 10.2 Å². The summed E-state index contributed by atoms with van der Waals surface area (Å²) < 4.78 is 29.4. The molecule has 0 aromatic heterocycles. The van der Waals surface area contributed by atoms with Gasteiger partial charge in [0.25, 0.3) is 10.0 Å². The van der Waals surface area contributed by atoms with Crippen LogP contribution in [0.15, 0.2) is 108 Å². The molecular formula is C35H37Cl2N3O4S. The summed E-state index contributed by atoms with van der Waals surface area (Å²) in [5.74, 6) is -0.873. The molecule has 4 aromatic rings. The van der Waals surface area contributed by atoms with Crippen LogP contribution in [0, 0.1) is 6.92 Å². The van der Waals surface area contributed by atoms with E-state index in [1.54, 1.807) is 49.4 Å². The van der Waals surface area contributed by atoms with Crippen molar-refractivity contribution in [1.82, 2.24) is 10.2 Å². The van der Waals surface area contributed by atoms with Crippen LogP contribution in [0.2, 0.25) is 10.0 Å². The molecule has 7 nitrogen and oxygen atoms in total. The lowest BCUT2D eigenvalue weighted by Gasteiger charge is -2.34. The summed E-state index contributed by atoms with van der Waals surface area (Å²) in [6.07, 6.45) is 0.927. The largest absolute Gasteiger partial charge is 0.352 e. The Morgan fingerprint density at radius 2 is 1.47 bits per heavy atom. The molecule has 0 aliphatic carbocycles. The molecular weight excluding hydrogens is 629 g/mol. The fourth-order valence-electron chi connectivity index (χ4n) is 4.92. The van der Waals surface area contributed by atoms with Crippen LogP contribution in [-0.2, 0) is 32.6 Å². The van der Waals surface area contributed by atoms with Crippen LogP contribution >= 0.6 is 23.2 Å². The molecule has 45 heavy (non-hydrogen) atoms. The molecule has 0 heterocycles. The fraction of sp³-hybridized carbons (Fsp3) is 0.257. The highest BCUT2D eigenvalue weighted by Gasteiger charge is 2.35. The van der Waals surface area contributed by atoms with Gasteiger partial charge in [-0.05, 0) is 79.4 Å². The molecule has 236 valence electrons. The number of sulfonamides is 1. The number of carbonyl (C=O) groups excluding carboxylic acids is 2. The second kappa shape index (κ2) is 15.4. The Kier molecular flexibility index (Phi) is 11.7. The lowest BCUT2D eigenvalue weighted by atomic mass is 10.0. The Balaban J connectivity index is 1.82. The van der Waals surface area contributed by atoms with Crippen molar-refractivity contribution in [3.05, 3.63) is 130 Å². The van der Waals surface area contributed by atoms with Gasteiger partial charge in [-0.1, -0.05) is 90.8 Å². The molecule has 10 heteroatoms. The Labute approximate surface area is 275 Å². The summed E-state index contributed by atoms with van der Waals surface area (Å²) in [7, 11) is -4.22. The maximum atomic E-state index is 14.5. The van der Waals surface area contributed by atoms with Gasteiger partial charge in [-0.15, -0.1) is 0 Å². The second-order valence-electron chi connectivity index (χ2n) is 10.9. The van der Waals surface area contributed by atoms with Crippen molar-refractivity contribution < 1.29 is 18.0 Å². The van der Waals surface area contributed by atoms with Gasteiger partial charge in [0, 0.05) is 29.1 Å². The molecule has 1 N–H and O–H groups in total. The van der Waals surface area contributed by atoms with Gasteiger partial charge in [-0.25, -0.2) is 8.42 Å². The van der Waals surface area contributed by atoms with Crippen molar-refractivity contribution in [2.75, 3.05) is 10.8 Å². The Morgan fingerprint density at radius 3 is 2.11 bits per heavy atom. The average Bonchev–Trinajstić information content (AvgIpc) is 3.02. The van der Waals surface area contributed by atoms with Crippen LogP contribution < -0.4 is 9.62 Å². The minimum absolute atomic E-state index is 0.0142. The van der Waals surface area contributed by atoms with E-state index in [0.29, 0.717) is 33.3 Å². The molecule has 0 aliphatic rings. The molecule has 0 aliphatic heterocycles. The normalized spacial score (nSPS) is 12.6. The second-order valence-corrected chi connectivity index (χ2v) is 13.7. The first kappa shape index (κ1) is 34.0. The molecule has 0 bridgehead atoms.